The third-order valence-corrected chi connectivity index (χ3v) is 6.30. The van der Waals surface area contributed by atoms with Gasteiger partial charge in [0.05, 0.1) is 30.7 Å². The van der Waals surface area contributed by atoms with Crippen LogP contribution in [0.1, 0.15) is 47.9 Å². The number of halogens is 1. The van der Waals surface area contributed by atoms with Crippen molar-refractivity contribution in [1.82, 2.24) is 10.6 Å². The lowest BCUT2D eigenvalue weighted by molar-refractivity contribution is -0.119. The molecule has 0 aliphatic carbocycles. The number of hydrogen-bond donors (Lipinski definition) is 2. The van der Waals surface area contributed by atoms with E-state index in [0.717, 1.165) is 24.0 Å². The van der Waals surface area contributed by atoms with Gasteiger partial charge in [-0.15, -0.1) is 0 Å². The van der Waals surface area contributed by atoms with Crippen LogP contribution in [0.2, 0.25) is 0 Å². The number of furan rings is 1. The number of ether oxygens (including phenoxy) is 1. The zero-order valence-electron chi connectivity index (χ0n) is 19.5. The topological polar surface area (TPSA) is 104 Å². The number of rotatable bonds is 6. The van der Waals surface area contributed by atoms with Gasteiger partial charge in [0.15, 0.2) is 5.76 Å². The van der Waals surface area contributed by atoms with E-state index < -0.39 is 18.0 Å². The second kappa shape index (κ2) is 9.74. The standard InChI is InChI=1S/C24H29FN4O5/c1-14-13-33-22(15(14)2)23(31)27-21-6-4-5-9-28(21)20-8-7-17(10-19(20)25)29-12-18(34-24(29)32)11-26-16(3)30/h7-8,10,13,18,21H,4-6,9,11-12H2,1-3H3,(H,26,30)(H,27,31)/t18-,21-/m0/s1. The highest BCUT2D eigenvalue weighted by atomic mass is 19.1. The molecule has 0 radical (unpaired) electrons. The van der Waals surface area contributed by atoms with Crippen LogP contribution < -0.4 is 20.4 Å². The molecular formula is C24H29FN4O5. The lowest BCUT2D eigenvalue weighted by atomic mass is 10.1. The van der Waals surface area contributed by atoms with Gasteiger partial charge in [-0.05, 0) is 56.9 Å². The first-order valence-electron chi connectivity index (χ1n) is 11.4. The van der Waals surface area contributed by atoms with Crippen molar-refractivity contribution in [2.75, 3.05) is 29.4 Å². The fraction of sp³-hybridized carbons (Fsp3) is 0.458. The number of nitrogens with zero attached hydrogens (tertiary/aromatic N) is 2. The Morgan fingerprint density at radius 1 is 1.24 bits per heavy atom. The Morgan fingerprint density at radius 3 is 2.71 bits per heavy atom. The third-order valence-electron chi connectivity index (χ3n) is 6.30. The predicted molar refractivity (Wildman–Crippen MR) is 123 cm³/mol. The van der Waals surface area contributed by atoms with Crippen LogP contribution in [0.5, 0.6) is 0 Å². The normalized spacial score (nSPS) is 20.3. The molecule has 2 atom stereocenters. The lowest BCUT2D eigenvalue weighted by Gasteiger charge is -2.38. The Bertz CT molecular complexity index is 1100. The maximum absolute atomic E-state index is 15.3. The minimum Gasteiger partial charge on any atom is -0.459 e. The molecule has 182 valence electrons. The van der Waals surface area contributed by atoms with E-state index in [4.69, 9.17) is 9.15 Å². The SMILES string of the molecule is CC(=O)NC[C@H]1CN(c2ccc(N3CCCC[C@H]3NC(=O)c3occ(C)c3C)c(F)c2)C(=O)O1. The molecule has 0 unspecified atom stereocenters. The van der Waals surface area contributed by atoms with E-state index in [9.17, 15) is 14.4 Å². The van der Waals surface area contributed by atoms with Gasteiger partial charge in [-0.3, -0.25) is 14.5 Å². The van der Waals surface area contributed by atoms with Gasteiger partial charge >= 0.3 is 6.09 Å². The number of carbonyl (C=O) groups is 3. The molecule has 2 aromatic rings. The smallest absolute Gasteiger partial charge is 0.414 e. The fourth-order valence-corrected chi connectivity index (χ4v) is 4.31. The summed E-state index contributed by atoms with van der Waals surface area (Å²) in [6.45, 7) is 6.08. The van der Waals surface area contributed by atoms with Gasteiger partial charge in [0, 0.05) is 19.0 Å². The van der Waals surface area contributed by atoms with Gasteiger partial charge < -0.3 is 24.7 Å². The molecule has 1 aromatic carbocycles. The number of hydrogen-bond acceptors (Lipinski definition) is 6. The molecule has 3 heterocycles. The number of amides is 3. The second-order valence-corrected chi connectivity index (χ2v) is 8.74. The Morgan fingerprint density at radius 2 is 2.03 bits per heavy atom. The molecule has 2 fully saturated rings. The number of benzene rings is 1. The quantitative estimate of drug-likeness (QED) is 0.669. The minimum absolute atomic E-state index is 0.196. The zero-order chi connectivity index (χ0) is 24.4. The number of piperidine rings is 1. The molecule has 1 aromatic heterocycles. The number of nitrogens with one attached hydrogen (secondary N) is 2. The summed E-state index contributed by atoms with van der Waals surface area (Å²) in [6.07, 6.45) is 2.53. The van der Waals surface area contributed by atoms with E-state index in [1.165, 1.54) is 17.9 Å². The third kappa shape index (κ3) is 4.85. The Kier molecular flexibility index (Phi) is 6.76. The summed E-state index contributed by atoms with van der Waals surface area (Å²) in [5.74, 6) is -0.781. The minimum atomic E-state index is -0.588. The molecule has 2 N–H and O–H groups in total. The number of cyclic esters (lactones) is 1. The highest BCUT2D eigenvalue weighted by Crippen LogP contribution is 2.31. The maximum Gasteiger partial charge on any atom is 0.414 e. The van der Waals surface area contributed by atoms with Crippen molar-refractivity contribution in [1.29, 1.82) is 0 Å². The summed E-state index contributed by atoms with van der Waals surface area (Å²) in [5, 5.41) is 5.59. The predicted octanol–water partition coefficient (Wildman–Crippen LogP) is 3.24. The van der Waals surface area contributed by atoms with E-state index in [2.05, 4.69) is 10.6 Å². The Labute approximate surface area is 197 Å². The molecular weight excluding hydrogens is 443 g/mol. The molecule has 9 nitrogen and oxygen atoms in total. The summed E-state index contributed by atoms with van der Waals surface area (Å²) >= 11 is 0. The van der Waals surface area contributed by atoms with Crippen LogP contribution in [0.4, 0.5) is 20.6 Å². The average Bonchev–Trinajstić information content (AvgIpc) is 3.34. The summed E-state index contributed by atoms with van der Waals surface area (Å²) in [5.41, 5.74) is 2.40. The number of carbonyl (C=O) groups excluding carboxylic acids is 3. The van der Waals surface area contributed by atoms with Gasteiger partial charge in [0.1, 0.15) is 18.1 Å². The van der Waals surface area contributed by atoms with Crippen molar-refractivity contribution in [3.8, 4) is 0 Å². The van der Waals surface area contributed by atoms with Crippen LogP contribution in [0.3, 0.4) is 0 Å². The van der Waals surface area contributed by atoms with Gasteiger partial charge in [-0.25, -0.2) is 9.18 Å². The molecule has 2 saturated heterocycles. The Hall–Kier alpha value is -3.56. The monoisotopic (exact) mass is 472 g/mol. The second-order valence-electron chi connectivity index (χ2n) is 8.74. The first-order valence-corrected chi connectivity index (χ1v) is 11.4. The molecule has 0 saturated carbocycles. The molecule has 0 bridgehead atoms. The van der Waals surface area contributed by atoms with E-state index in [1.54, 1.807) is 18.4 Å². The van der Waals surface area contributed by atoms with Crippen molar-refractivity contribution in [3.63, 3.8) is 0 Å². The summed E-state index contributed by atoms with van der Waals surface area (Å²) in [7, 11) is 0. The number of anilines is 2. The average molecular weight is 473 g/mol. The van der Waals surface area contributed by atoms with E-state index >= 15 is 4.39 Å². The molecule has 4 rings (SSSR count). The van der Waals surface area contributed by atoms with Crippen LogP contribution in [0.15, 0.2) is 28.9 Å². The summed E-state index contributed by atoms with van der Waals surface area (Å²) in [6, 6.07) is 4.57. The molecule has 2 aliphatic heterocycles. The Balaban J connectivity index is 1.48. The molecule has 3 amide bonds. The lowest BCUT2D eigenvalue weighted by Crippen LogP contribution is -2.51. The molecule has 0 spiro atoms. The van der Waals surface area contributed by atoms with Crippen molar-refractivity contribution in [2.24, 2.45) is 0 Å². The van der Waals surface area contributed by atoms with Gasteiger partial charge in [-0.1, -0.05) is 0 Å². The zero-order valence-corrected chi connectivity index (χ0v) is 19.5. The molecule has 34 heavy (non-hydrogen) atoms. The van der Waals surface area contributed by atoms with Crippen LogP contribution in [0, 0.1) is 19.7 Å². The van der Waals surface area contributed by atoms with Gasteiger partial charge in [0.2, 0.25) is 5.91 Å². The van der Waals surface area contributed by atoms with E-state index in [0.29, 0.717) is 24.3 Å². The van der Waals surface area contributed by atoms with E-state index in [1.807, 2.05) is 18.7 Å². The van der Waals surface area contributed by atoms with Crippen molar-refractivity contribution < 1.29 is 27.9 Å². The van der Waals surface area contributed by atoms with Crippen molar-refractivity contribution in [2.45, 2.75) is 52.3 Å². The van der Waals surface area contributed by atoms with Crippen LogP contribution >= 0.6 is 0 Å². The first-order chi connectivity index (χ1) is 16.2. The summed E-state index contributed by atoms with van der Waals surface area (Å²) in [4.78, 5) is 39.3. The molecule has 2 aliphatic rings. The highest BCUT2D eigenvalue weighted by Gasteiger charge is 2.34. The first kappa shape index (κ1) is 23.6. The van der Waals surface area contributed by atoms with Gasteiger partial charge in [0.25, 0.3) is 5.91 Å². The van der Waals surface area contributed by atoms with Crippen molar-refractivity contribution in [3.05, 3.63) is 47.2 Å². The maximum atomic E-state index is 15.3. The highest BCUT2D eigenvalue weighted by molar-refractivity contribution is 5.93. The van der Waals surface area contributed by atoms with E-state index in [-0.39, 0.29) is 36.8 Å². The van der Waals surface area contributed by atoms with Crippen LogP contribution in [-0.2, 0) is 9.53 Å². The van der Waals surface area contributed by atoms with Crippen LogP contribution in [-0.4, -0.2) is 49.8 Å². The van der Waals surface area contributed by atoms with Crippen molar-refractivity contribution >= 4 is 29.3 Å². The fourth-order valence-electron chi connectivity index (χ4n) is 4.31. The summed E-state index contributed by atoms with van der Waals surface area (Å²) < 4.78 is 25.9. The largest absolute Gasteiger partial charge is 0.459 e. The van der Waals surface area contributed by atoms with Crippen LogP contribution in [0.25, 0.3) is 0 Å². The number of aryl methyl sites for hydroxylation is 1. The molecule has 10 heteroatoms. The van der Waals surface area contributed by atoms with Gasteiger partial charge in [-0.2, -0.15) is 0 Å².